The minimum absolute atomic E-state index is 0.0763. The number of unbranched alkanes of at least 4 members (excludes halogenated alkanes) is 2. The summed E-state index contributed by atoms with van der Waals surface area (Å²) in [6.07, 6.45) is 7.36. The molecule has 0 saturated carbocycles. The molecule has 0 aliphatic rings. The van der Waals surface area contributed by atoms with Crippen LogP contribution in [0, 0.1) is 23.7 Å². The first-order valence-electron chi connectivity index (χ1n) is 10.6. The van der Waals surface area contributed by atoms with Crippen molar-refractivity contribution in [3.8, 4) is 11.8 Å². The molecule has 0 bridgehead atoms. The summed E-state index contributed by atoms with van der Waals surface area (Å²) in [4.78, 5) is 22.0. The lowest BCUT2D eigenvalue weighted by molar-refractivity contribution is -0.125. The second-order valence-corrected chi connectivity index (χ2v) is 7.37. The third-order valence-electron chi connectivity index (χ3n) is 4.19. The highest BCUT2D eigenvalue weighted by molar-refractivity contribution is 5.78. The molecule has 0 aliphatic heterocycles. The Balaban J connectivity index is 3.37. The zero-order chi connectivity index (χ0) is 20.9. The summed E-state index contributed by atoms with van der Waals surface area (Å²) in [6.45, 7) is 9.96. The summed E-state index contributed by atoms with van der Waals surface area (Å²) in [6, 6.07) is 0. The molecule has 0 unspecified atom stereocenters. The lowest BCUT2D eigenvalue weighted by Gasteiger charge is -2.13. The van der Waals surface area contributed by atoms with Gasteiger partial charge in [0, 0.05) is 45.1 Å². The quantitative estimate of drug-likeness (QED) is 0.212. The fourth-order valence-electron chi connectivity index (χ4n) is 2.48. The van der Waals surface area contributed by atoms with Crippen LogP contribution < -0.4 is 10.6 Å². The van der Waals surface area contributed by atoms with E-state index in [1.54, 1.807) is 0 Å². The molecular weight excluding hydrogens is 356 g/mol. The molecule has 1 atom stereocenters. The van der Waals surface area contributed by atoms with Crippen LogP contribution in [0.1, 0.15) is 65.7 Å². The molecule has 28 heavy (non-hydrogen) atoms. The molecule has 2 amide bonds. The third-order valence-corrected chi connectivity index (χ3v) is 4.19. The number of nitrogens with one attached hydrogen (secondary N) is 2. The van der Waals surface area contributed by atoms with E-state index in [1.165, 1.54) is 6.42 Å². The van der Waals surface area contributed by atoms with Crippen molar-refractivity contribution in [2.75, 3.05) is 39.5 Å². The molecule has 0 aromatic heterocycles. The van der Waals surface area contributed by atoms with Gasteiger partial charge in [0.05, 0.1) is 13.2 Å². The predicted molar refractivity (Wildman–Crippen MR) is 113 cm³/mol. The van der Waals surface area contributed by atoms with Crippen molar-refractivity contribution in [1.29, 1.82) is 0 Å². The van der Waals surface area contributed by atoms with Crippen molar-refractivity contribution < 1.29 is 19.1 Å². The molecule has 0 rings (SSSR count). The normalized spacial score (nSPS) is 11.6. The molecule has 2 N–H and O–H groups in total. The fraction of sp³-hybridized carbons (Fsp3) is 0.818. The van der Waals surface area contributed by atoms with E-state index in [0.717, 1.165) is 38.5 Å². The smallest absolute Gasteiger partial charge is 0.222 e. The van der Waals surface area contributed by atoms with Crippen LogP contribution in [0.5, 0.6) is 0 Å². The maximum absolute atomic E-state index is 12.0. The summed E-state index contributed by atoms with van der Waals surface area (Å²) in [5.74, 6) is 7.16. The molecule has 6 heteroatoms. The van der Waals surface area contributed by atoms with Crippen LogP contribution >= 0.6 is 0 Å². The van der Waals surface area contributed by atoms with E-state index >= 15 is 0 Å². The summed E-state index contributed by atoms with van der Waals surface area (Å²) >= 11 is 0. The van der Waals surface area contributed by atoms with Crippen LogP contribution in [0.3, 0.4) is 0 Å². The highest BCUT2D eigenvalue weighted by Crippen LogP contribution is 2.12. The first-order chi connectivity index (χ1) is 13.6. The van der Waals surface area contributed by atoms with Gasteiger partial charge in [0.25, 0.3) is 0 Å². The molecule has 0 radical (unpaired) electrons. The average Bonchev–Trinajstić information content (AvgIpc) is 2.67. The van der Waals surface area contributed by atoms with Crippen LogP contribution in [0.15, 0.2) is 0 Å². The molecule has 6 nitrogen and oxygen atoms in total. The number of hydrogen-bond acceptors (Lipinski definition) is 4. The third kappa shape index (κ3) is 19.2. The van der Waals surface area contributed by atoms with Gasteiger partial charge in [0.15, 0.2) is 0 Å². The van der Waals surface area contributed by atoms with Crippen molar-refractivity contribution in [2.24, 2.45) is 11.8 Å². The second-order valence-electron chi connectivity index (χ2n) is 7.37. The lowest BCUT2D eigenvalue weighted by atomic mass is 9.99. The van der Waals surface area contributed by atoms with Crippen LogP contribution in [-0.4, -0.2) is 51.8 Å². The maximum Gasteiger partial charge on any atom is 0.222 e. The first-order valence-corrected chi connectivity index (χ1v) is 10.6. The fourth-order valence-corrected chi connectivity index (χ4v) is 2.48. The largest absolute Gasteiger partial charge is 0.380 e. The highest BCUT2D eigenvalue weighted by atomic mass is 16.5. The number of amides is 2. The summed E-state index contributed by atoms with van der Waals surface area (Å²) in [5.41, 5.74) is 0. The number of carbonyl (C=O) groups excluding carboxylic acids is 2. The summed E-state index contributed by atoms with van der Waals surface area (Å²) < 4.78 is 10.9. The number of ether oxygens (including phenoxy) is 2. The SMILES string of the molecule is CC(C)CCC[C@@H](C)C(=O)NCCOCCCC#CCCCOCCNC=O. The van der Waals surface area contributed by atoms with Gasteiger partial charge in [-0.05, 0) is 25.2 Å². The average molecular weight is 397 g/mol. The zero-order valence-electron chi connectivity index (χ0n) is 18.1. The molecule has 0 aliphatic carbocycles. The van der Waals surface area contributed by atoms with Gasteiger partial charge < -0.3 is 20.1 Å². The Hall–Kier alpha value is -1.58. The minimum Gasteiger partial charge on any atom is -0.380 e. The van der Waals surface area contributed by atoms with Gasteiger partial charge in [-0.2, -0.15) is 0 Å². The Morgan fingerprint density at radius 2 is 1.50 bits per heavy atom. The van der Waals surface area contributed by atoms with Gasteiger partial charge in [-0.1, -0.05) is 33.6 Å². The summed E-state index contributed by atoms with van der Waals surface area (Å²) in [7, 11) is 0. The molecule has 0 aromatic rings. The maximum atomic E-state index is 12.0. The molecule has 0 spiro atoms. The second kappa shape index (κ2) is 20.2. The standard InChI is InChI=1S/C22H40N2O4/c1-20(2)11-10-12-21(3)22(26)24-14-18-28-16-9-7-5-4-6-8-15-27-17-13-23-19-25/h19-21H,6-18H2,1-3H3,(H,23,25)(H,24,26)/t21-/m1/s1. The van der Waals surface area contributed by atoms with E-state index in [2.05, 4.69) is 36.3 Å². The number of carbonyl (C=O) groups is 2. The molecular formula is C22H40N2O4. The Bertz CT molecular complexity index is 444. The summed E-state index contributed by atoms with van der Waals surface area (Å²) in [5, 5.41) is 5.49. The zero-order valence-corrected chi connectivity index (χ0v) is 18.1. The molecule has 0 fully saturated rings. The molecule has 162 valence electrons. The van der Waals surface area contributed by atoms with Crippen molar-refractivity contribution in [3.05, 3.63) is 0 Å². The van der Waals surface area contributed by atoms with Crippen LogP contribution in [-0.2, 0) is 19.1 Å². The van der Waals surface area contributed by atoms with Gasteiger partial charge in [-0.25, -0.2) is 0 Å². The van der Waals surface area contributed by atoms with Crippen molar-refractivity contribution in [1.82, 2.24) is 10.6 Å². The van der Waals surface area contributed by atoms with Crippen molar-refractivity contribution >= 4 is 12.3 Å². The Morgan fingerprint density at radius 3 is 2.07 bits per heavy atom. The van der Waals surface area contributed by atoms with Crippen molar-refractivity contribution in [2.45, 2.75) is 65.7 Å². The Kier molecular flexibility index (Phi) is 19.0. The van der Waals surface area contributed by atoms with E-state index < -0.39 is 0 Å². The van der Waals surface area contributed by atoms with Gasteiger partial charge >= 0.3 is 0 Å². The molecule has 0 aromatic carbocycles. The Labute approximate surface area is 171 Å². The minimum atomic E-state index is 0.0763. The van der Waals surface area contributed by atoms with Gasteiger partial charge in [-0.15, -0.1) is 11.8 Å². The van der Waals surface area contributed by atoms with Gasteiger partial charge in [0.2, 0.25) is 12.3 Å². The predicted octanol–water partition coefficient (Wildman–Crippen LogP) is 2.91. The van der Waals surface area contributed by atoms with E-state index in [4.69, 9.17) is 9.47 Å². The van der Waals surface area contributed by atoms with E-state index in [9.17, 15) is 9.59 Å². The highest BCUT2D eigenvalue weighted by Gasteiger charge is 2.11. The van der Waals surface area contributed by atoms with E-state index in [0.29, 0.717) is 51.8 Å². The van der Waals surface area contributed by atoms with Crippen LogP contribution in [0.25, 0.3) is 0 Å². The van der Waals surface area contributed by atoms with Crippen molar-refractivity contribution in [3.63, 3.8) is 0 Å². The molecule has 0 heterocycles. The first kappa shape index (κ1) is 26.4. The van der Waals surface area contributed by atoms with Gasteiger partial charge in [0.1, 0.15) is 0 Å². The van der Waals surface area contributed by atoms with Gasteiger partial charge in [-0.3, -0.25) is 9.59 Å². The molecule has 0 saturated heterocycles. The topological polar surface area (TPSA) is 76.7 Å². The van der Waals surface area contributed by atoms with Crippen LogP contribution in [0.4, 0.5) is 0 Å². The van der Waals surface area contributed by atoms with E-state index in [1.807, 2.05) is 6.92 Å². The van der Waals surface area contributed by atoms with E-state index in [-0.39, 0.29) is 11.8 Å². The monoisotopic (exact) mass is 396 g/mol. The number of rotatable bonds is 18. The Morgan fingerprint density at radius 1 is 0.893 bits per heavy atom. The lowest BCUT2D eigenvalue weighted by Crippen LogP contribution is -2.32. The van der Waals surface area contributed by atoms with Crippen LogP contribution in [0.2, 0.25) is 0 Å². The number of hydrogen-bond donors (Lipinski definition) is 2.